The van der Waals surface area contributed by atoms with Crippen molar-refractivity contribution in [3.8, 4) is 0 Å². The molecule has 0 aliphatic carbocycles. The van der Waals surface area contributed by atoms with Crippen LogP contribution in [0, 0.1) is 5.41 Å². The minimum Gasteiger partial charge on any atom is -0.456 e. The van der Waals surface area contributed by atoms with Gasteiger partial charge in [-0.15, -0.1) is 0 Å². The lowest BCUT2D eigenvalue weighted by molar-refractivity contribution is -0.163. The maximum Gasteiger partial charge on any atom is 0.422 e. The molecular formula is C27H30N2O7. The number of hydrogen-bond donors (Lipinski definition) is 0. The van der Waals surface area contributed by atoms with E-state index in [9.17, 15) is 24.0 Å². The third-order valence-electron chi connectivity index (χ3n) is 5.71. The molecule has 0 unspecified atom stereocenters. The third kappa shape index (κ3) is 7.00. The van der Waals surface area contributed by atoms with E-state index in [0.29, 0.717) is 31.6 Å². The molecule has 9 heteroatoms. The van der Waals surface area contributed by atoms with E-state index < -0.39 is 35.3 Å². The molecule has 1 aliphatic rings. The smallest absolute Gasteiger partial charge is 0.422 e. The molecule has 190 valence electrons. The van der Waals surface area contributed by atoms with Crippen LogP contribution in [-0.4, -0.2) is 60.4 Å². The van der Waals surface area contributed by atoms with Gasteiger partial charge in [0, 0.05) is 37.0 Å². The molecule has 0 aromatic heterocycles. The van der Waals surface area contributed by atoms with Crippen LogP contribution >= 0.6 is 0 Å². The van der Waals surface area contributed by atoms with E-state index >= 15 is 0 Å². The van der Waals surface area contributed by atoms with Gasteiger partial charge in [0.15, 0.2) is 0 Å². The Bertz CT molecular complexity index is 1100. The molecule has 36 heavy (non-hydrogen) atoms. The summed E-state index contributed by atoms with van der Waals surface area (Å²) in [5.41, 5.74) is -0.210. The predicted molar refractivity (Wildman–Crippen MR) is 131 cm³/mol. The normalized spacial score (nSPS) is 14.0. The van der Waals surface area contributed by atoms with E-state index in [1.165, 1.54) is 12.1 Å². The van der Waals surface area contributed by atoms with Crippen LogP contribution in [0.5, 0.6) is 0 Å². The first-order valence-electron chi connectivity index (χ1n) is 11.7. The number of esters is 2. The monoisotopic (exact) mass is 494 g/mol. The molecule has 2 aromatic rings. The molecule has 2 amide bonds. The molecule has 1 saturated heterocycles. The Hall–Kier alpha value is -4.01. The topological polar surface area (TPSA) is 110 Å². The fourth-order valence-electron chi connectivity index (χ4n) is 3.61. The van der Waals surface area contributed by atoms with Crippen LogP contribution in [0.2, 0.25) is 0 Å². The lowest BCUT2D eigenvalue weighted by Crippen LogP contribution is -2.48. The van der Waals surface area contributed by atoms with Crippen molar-refractivity contribution in [2.45, 2.75) is 39.7 Å². The Morgan fingerprint density at radius 3 is 2.00 bits per heavy atom. The molecular weight excluding hydrogens is 464 g/mol. The fraction of sp³-hybridized carbons (Fsp3) is 0.370. The molecule has 0 radical (unpaired) electrons. The number of carbonyl (C=O) groups excluding carboxylic acids is 5. The van der Waals surface area contributed by atoms with E-state index in [2.05, 4.69) is 0 Å². The zero-order valence-corrected chi connectivity index (χ0v) is 20.6. The summed E-state index contributed by atoms with van der Waals surface area (Å²) in [7, 11) is 0. The second-order valence-electron chi connectivity index (χ2n) is 9.51. The van der Waals surface area contributed by atoms with Gasteiger partial charge in [-0.05, 0) is 24.3 Å². The van der Waals surface area contributed by atoms with Crippen LogP contribution in [0.3, 0.4) is 0 Å². The predicted octanol–water partition coefficient (Wildman–Crippen LogP) is 3.62. The lowest BCUT2D eigenvalue weighted by atomic mass is 9.91. The fourth-order valence-corrected chi connectivity index (χ4v) is 3.61. The minimum absolute atomic E-state index is 0.215. The Kier molecular flexibility index (Phi) is 8.58. The Labute approximate surface area is 210 Å². The van der Waals surface area contributed by atoms with Crippen molar-refractivity contribution in [1.29, 1.82) is 0 Å². The summed E-state index contributed by atoms with van der Waals surface area (Å²) >= 11 is 0. The van der Waals surface area contributed by atoms with Crippen LogP contribution in [0.15, 0.2) is 60.7 Å². The van der Waals surface area contributed by atoms with Crippen molar-refractivity contribution >= 4 is 35.4 Å². The number of carbonyl (C=O) groups is 5. The molecule has 0 saturated carbocycles. The number of hydrogen-bond acceptors (Lipinski definition) is 7. The van der Waals surface area contributed by atoms with E-state index in [-0.39, 0.29) is 18.0 Å². The second kappa shape index (κ2) is 11.6. The highest BCUT2D eigenvalue weighted by Gasteiger charge is 2.34. The summed E-state index contributed by atoms with van der Waals surface area (Å²) in [5, 5.41) is 0. The Balaban J connectivity index is 1.61. The average Bonchev–Trinajstić information content (AvgIpc) is 2.87. The molecule has 9 nitrogen and oxygen atoms in total. The summed E-state index contributed by atoms with van der Waals surface area (Å²) in [5.74, 6) is -2.63. The number of benzene rings is 2. The van der Waals surface area contributed by atoms with Crippen LogP contribution in [-0.2, 0) is 23.9 Å². The first-order valence-corrected chi connectivity index (χ1v) is 11.7. The van der Waals surface area contributed by atoms with Gasteiger partial charge in [0.2, 0.25) is 11.7 Å². The number of anilines is 1. The standard InChI is InChI=1S/C27H30N2O7/c1-27(2,3)23(31)25(33)35-21-14-16-28(17-15-21)22(30)18-29(20-12-8-5-9-13-20)26(34)36-24(32)19-10-6-4-7-11-19/h4-13,21H,14-18H2,1-3H3. The zero-order chi connectivity index (χ0) is 26.3. The number of piperidine rings is 1. The van der Waals surface area contributed by atoms with Crippen LogP contribution in [0.25, 0.3) is 0 Å². The zero-order valence-electron chi connectivity index (χ0n) is 20.6. The number of rotatable bonds is 6. The third-order valence-corrected chi connectivity index (χ3v) is 5.71. The second-order valence-corrected chi connectivity index (χ2v) is 9.51. The number of ether oxygens (including phenoxy) is 2. The van der Waals surface area contributed by atoms with Crippen molar-refractivity contribution < 1.29 is 33.4 Å². The molecule has 1 aliphatic heterocycles. The average molecular weight is 495 g/mol. The summed E-state index contributed by atoms with van der Waals surface area (Å²) in [4.78, 5) is 65.2. The van der Waals surface area contributed by atoms with Crippen molar-refractivity contribution in [1.82, 2.24) is 4.90 Å². The van der Waals surface area contributed by atoms with Gasteiger partial charge in [0.05, 0.1) is 5.56 Å². The van der Waals surface area contributed by atoms with Gasteiger partial charge in [-0.1, -0.05) is 57.2 Å². The molecule has 0 N–H and O–H groups in total. The van der Waals surface area contributed by atoms with E-state index in [0.717, 1.165) is 4.90 Å². The van der Waals surface area contributed by atoms with Crippen LogP contribution in [0.4, 0.5) is 10.5 Å². The number of para-hydroxylation sites is 1. The molecule has 3 rings (SSSR count). The quantitative estimate of drug-likeness (QED) is 0.343. The first-order chi connectivity index (χ1) is 17.1. The largest absolute Gasteiger partial charge is 0.456 e. The Morgan fingerprint density at radius 2 is 1.44 bits per heavy atom. The maximum absolute atomic E-state index is 13.0. The van der Waals surface area contributed by atoms with E-state index in [4.69, 9.17) is 9.47 Å². The maximum atomic E-state index is 13.0. The van der Waals surface area contributed by atoms with E-state index in [1.54, 1.807) is 74.2 Å². The molecule has 1 heterocycles. The first kappa shape index (κ1) is 26.6. The number of amides is 2. The molecule has 0 bridgehead atoms. The number of ketones is 1. The Morgan fingerprint density at radius 1 is 0.889 bits per heavy atom. The van der Waals surface area contributed by atoms with Crippen molar-refractivity contribution in [2.75, 3.05) is 24.5 Å². The highest BCUT2D eigenvalue weighted by Crippen LogP contribution is 2.20. The SMILES string of the molecule is CC(C)(C)C(=O)C(=O)OC1CCN(C(=O)CN(C(=O)OC(=O)c2ccccc2)c2ccccc2)CC1. The van der Waals surface area contributed by atoms with Gasteiger partial charge in [-0.25, -0.2) is 14.4 Å². The number of likely N-dealkylation sites (tertiary alicyclic amines) is 1. The molecule has 0 spiro atoms. The van der Waals surface area contributed by atoms with Gasteiger partial charge in [0.1, 0.15) is 12.6 Å². The van der Waals surface area contributed by atoms with Gasteiger partial charge < -0.3 is 14.4 Å². The molecule has 0 atom stereocenters. The molecule has 2 aromatic carbocycles. The van der Waals surface area contributed by atoms with Crippen molar-refractivity contribution in [3.05, 3.63) is 66.2 Å². The van der Waals surface area contributed by atoms with Crippen LogP contribution < -0.4 is 4.90 Å². The van der Waals surface area contributed by atoms with E-state index in [1.807, 2.05) is 0 Å². The number of nitrogens with zero attached hydrogens (tertiary/aromatic N) is 2. The summed E-state index contributed by atoms with van der Waals surface area (Å²) in [6.45, 7) is 5.19. The van der Waals surface area contributed by atoms with Crippen molar-refractivity contribution in [2.24, 2.45) is 5.41 Å². The summed E-state index contributed by atoms with van der Waals surface area (Å²) in [6.07, 6.45) is -0.687. The number of Topliss-reactive ketones (excluding diaryl/α,β-unsaturated/α-hetero) is 1. The highest BCUT2D eigenvalue weighted by atomic mass is 16.6. The lowest BCUT2D eigenvalue weighted by Gasteiger charge is -2.33. The summed E-state index contributed by atoms with van der Waals surface area (Å²) < 4.78 is 10.4. The van der Waals surface area contributed by atoms with Gasteiger partial charge in [0.25, 0.3) is 0 Å². The van der Waals surface area contributed by atoms with Gasteiger partial charge >= 0.3 is 18.0 Å². The minimum atomic E-state index is -0.965. The van der Waals surface area contributed by atoms with Gasteiger partial charge in [-0.3, -0.25) is 14.5 Å². The van der Waals surface area contributed by atoms with Gasteiger partial charge in [-0.2, -0.15) is 0 Å². The van der Waals surface area contributed by atoms with Crippen molar-refractivity contribution in [3.63, 3.8) is 0 Å². The van der Waals surface area contributed by atoms with Crippen LogP contribution in [0.1, 0.15) is 44.0 Å². The molecule has 1 fully saturated rings. The summed E-state index contributed by atoms with van der Waals surface area (Å²) in [6, 6.07) is 16.5. The highest BCUT2D eigenvalue weighted by molar-refractivity contribution is 6.35.